The van der Waals surface area contributed by atoms with Crippen LogP contribution in [0.15, 0.2) is 45.7 Å². The smallest absolute Gasteiger partial charge is 0.373 e. The number of carbonyl (C=O) groups is 1. The third-order valence-electron chi connectivity index (χ3n) is 2.99. The maximum atomic E-state index is 11.4. The standard InChI is InChI=1S/C14H15NO5S/c1-19-14(16)12-8-7-11(20-12)13(15)9-3-5-10(6-4-9)21(2,17)18/h3-8,13H,15H2,1-2H3. The molecule has 2 rings (SSSR count). The molecule has 1 aromatic carbocycles. The first-order valence-corrected chi connectivity index (χ1v) is 7.95. The molecule has 2 N–H and O–H groups in total. The Kier molecular flexibility index (Phi) is 4.15. The Labute approximate surface area is 122 Å². The van der Waals surface area contributed by atoms with Crippen LogP contribution in [0.5, 0.6) is 0 Å². The predicted molar refractivity (Wildman–Crippen MR) is 75.6 cm³/mol. The molecule has 0 aliphatic carbocycles. The highest BCUT2D eigenvalue weighted by Crippen LogP contribution is 2.23. The second kappa shape index (κ2) is 5.71. The quantitative estimate of drug-likeness (QED) is 0.859. The van der Waals surface area contributed by atoms with Crippen molar-refractivity contribution in [2.24, 2.45) is 5.73 Å². The fourth-order valence-electron chi connectivity index (χ4n) is 1.82. The number of furan rings is 1. The SMILES string of the molecule is COC(=O)c1ccc(C(N)c2ccc(S(C)(=O)=O)cc2)o1. The zero-order chi connectivity index (χ0) is 15.6. The lowest BCUT2D eigenvalue weighted by molar-refractivity contribution is 0.0562. The van der Waals surface area contributed by atoms with Gasteiger partial charge in [-0.2, -0.15) is 0 Å². The molecule has 0 saturated heterocycles. The number of ether oxygens (including phenoxy) is 1. The predicted octanol–water partition coefficient (Wildman–Crippen LogP) is 1.52. The second-order valence-electron chi connectivity index (χ2n) is 4.51. The summed E-state index contributed by atoms with van der Waals surface area (Å²) in [6.45, 7) is 0. The van der Waals surface area contributed by atoms with Crippen LogP contribution in [0.4, 0.5) is 0 Å². The van der Waals surface area contributed by atoms with E-state index in [-0.39, 0.29) is 10.7 Å². The summed E-state index contributed by atoms with van der Waals surface area (Å²) in [6, 6.07) is 8.65. The minimum Gasteiger partial charge on any atom is -0.463 e. The van der Waals surface area contributed by atoms with Gasteiger partial charge in [0.1, 0.15) is 5.76 Å². The van der Waals surface area contributed by atoms with Crippen molar-refractivity contribution >= 4 is 15.8 Å². The molecule has 2 aromatic rings. The molecule has 0 fully saturated rings. The fraction of sp³-hybridized carbons (Fsp3) is 0.214. The van der Waals surface area contributed by atoms with Crippen LogP contribution < -0.4 is 5.73 Å². The number of carbonyl (C=O) groups excluding carboxylic acids is 1. The summed E-state index contributed by atoms with van der Waals surface area (Å²) in [6.07, 6.45) is 1.14. The van der Waals surface area contributed by atoms with Crippen LogP contribution in [0.25, 0.3) is 0 Å². The average molecular weight is 309 g/mol. The average Bonchev–Trinajstić information content (AvgIpc) is 2.94. The van der Waals surface area contributed by atoms with Crippen molar-refractivity contribution in [3.8, 4) is 0 Å². The van der Waals surface area contributed by atoms with Gasteiger partial charge in [0, 0.05) is 6.26 Å². The van der Waals surface area contributed by atoms with Crippen LogP contribution in [0.2, 0.25) is 0 Å². The number of rotatable bonds is 4. The Balaban J connectivity index is 2.26. The van der Waals surface area contributed by atoms with Gasteiger partial charge in [0.25, 0.3) is 0 Å². The molecule has 0 bridgehead atoms. The van der Waals surface area contributed by atoms with Crippen molar-refractivity contribution in [3.05, 3.63) is 53.5 Å². The molecule has 0 radical (unpaired) electrons. The van der Waals surface area contributed by atoms with E-state index in [0.717, 1.165) is 6.26 Å². The van der Waals surface area contributed by atoms with Crippen LogP contribution in [-0.2, 0) is 14.6 Å². The lowest BCUT2D eigenvalue weighted by Gasteiger charge is -2.09. The molecule has 7 heteroatoms. The number of methoxy groups -OCH3 is 1. The highest BCUT2D eigenvalue weighted by Gasteiger charge is 2.17. The summed E-state index contributed by atoms with van der Waals surface area (Å²) < 4.78 is 32.7. The van der Waals surface area contributed by atoms with Crippen molar-refractivity contribution in [1.29, 1.82) is 0 Å². The van der Waals surface area contributed by atoms with Crippen LogP contribution in [0.3, 0.4) is 0 Å². The Morgan fingerprint density at radius 1 is 1.19 bits per heavy atom. The van der Waals surface area contributed by atoms with Crippen LogP contribution in [0.1, 0.15) is 27.9 Å². The molecule has 0 spiro atoms. The second-order valence-corrected chi connectivity index (χ2v) is 6.53. The topological polar surface area (TPSA) is 99.6 Å². The van der Waals surface area contributed by atoms with Gasteiger partial charge in [-0.25, -0.2) is 13.2 Å². The zero-order valence-electron chi connectivity index (χ0n) is 11.6. The summed E-state index contributed by atoms with van der Waals surface area (Å²) in [4.78, 5) is 11.5. The Bertz CT molecular complexity index is 746. The Hall–Kier alpha value is -2.12. The molecule has 112 valence electrons. The minimum atomic E-state index is -3.25. The Morgan fingerprint density at radius 2 is 1.81 bits per heavy atom. The van der Waals surface area contributed by atoms with Crippen LogP contribution in [0, 0.1) is 0 Å². The lowest BCUT2D eigenvalue weighted by Crippen LogP contribution is -2.11. The maximum Gasteiger partial charge on any atom is 0.373 e. The number of sulfone groups is 1. The third-order valence-corrected chi connectivity index (χ3v) is 4.12. The maximum absolute atomic E-state index is 11.4. The molecular weight excluding hydrogens is 294 g/mol. The van der Waals surface area contributed by atoms with Crippen LogP contribution >= 0.6 is 0 Å². The van der Waals surface area contributed by atoms with Crippen molar-refractivity contribution in [3.63, 3.8) is 0 Å². The molecule has 0 saturated carbocycles. The highest BCUT2D eigenvalue weighted by molar-refractivity contribution is 7.90. The van der Waals surface area contributed by atoms with Gasteiger partial charge in [-0.1, -0.05) is 12.1 Å². The van der Waals surface area contributed by atoms with E-state index in [2.05, 4.69) is 4.74 Å². The van der Waals surface area contributed by atoms with Crippen molar-refractivity contribution in [1.82, 2.24) is 0 Å². The van der Waals surface area contributed by atoms with E-state index in [1.54, 1.807) is 18.2 Å². The molecular formula is C14H15NO5S. The summed E-state index contributed by atoms with van der Waals surface area (Å²) in [5, 5.41) is 0. The lowest BCUT2D eigenvalue weighted by atomic mass is 10.1. The minimum absolute atomic E-state index is 0.0655. The van der Waals surface area contributed by atoms with E-state index in [1.807, 2.05) is 0 Å². The molecule has 1 atom stereocenters. The summed E-state index contributed by atoms with van der Waals surface area (Å²) in [5.41, 5.74) is 6.71. The Morgan fingerprint density at radius 3 is 2.33 bits per heavy atom. The number of hydrogen-bond donors (Lipinski definition) is 1. The van der Waals surface area contributed by atoms with Crippen LogP contribution in [-0.4, -0.2) is 27.8 Å². The molecule has 1 aromatic heterocycles. The first-order valence-electron chi connectivity index (χ1n) is 6.06. The van der Waals surface area contributed by atoms with Gasteiger partial charge in [-0.3, -0.25) is 0 Å². The summed E-state index contributed by atoms with van der Waals surface area (Å²) >= 11 is 0. The molecule has 6 nitrogen and oxygen atoms in total. The largest absolute Gasteiger partial charge is 0.463 e. The van der Waals surface area contributed by atoms with E-state index < -0.39 is 21.8 Å². The van der Waals surface area contributed by atoms with Gasteiger partial charge in [0.05, 0.1) is 18.0 Å². The van der Waals surface area contributed by atoms with Gasteiger partial charge in [0.2, 0.25) is 5.76 Å². The summed E-state index contributed by atoms with van der Waals surface area (Å²) in [7, 11) is -1.99. The zero-order valence-corrected chi connectivity index (χ0v) is 12.4. The van der Waals surface area contributed by atoms with Crippen molar-refractivity contribution in [2.75, 3.05) is 13.4 Å². The molecule has 1 heterocycles. The van der Waals surface area contributed by atoms with Gasteiger partial charge in [-0.15, -0.1) is 0 Å². The summed E-state index contributed by atoms with van der Waals surface area (Å²) in [5.74, 6) is -0.126. The van der Waals surface area contributed by atoms with E-state index in [4.69, 9.17) is 10.2 Å². The first kappa shape index (κ1) is 15.3. The molecule has 0 aliphatic rings. The number of esters is 1. The number of nitrogens with two attached hydrogens (primary N) is 1. The highest BCUT2D eigenvalue weighted by atomic mass is 32.2. The van der Waals surface area contributed by atoms with Crippen molar-refractivity contribution in [2.45, 2.75) is 10.9 Å². The number of hydrogen-bond acceptors (Lipinski definition) is 6. The first-order chi connectivity index (χ1) is 9.82. The van der Waals surface area contributed by atoms with Crippen molar-refractivity contribution < 1.29 is 22.4 Å². The molecule has 0 aliphatic heterocycles. The molecule has 21 heavy (non-hydrogen) atoms. The fourth-order valence-corrected chi connectivity index (χ4v) is 2.45. The van der Waals surface area contributed by atoms with E-state index >= 15 is 0 Å². The normalized spacial score (nSPS) is 12.9. The van der Waals surface area contributed by atoms with E-state index in [0.29, 0.717) is 11.3 Å². The van der Waals surface area contributed by atoms with Gasteiger partial charge < -0.3 is 14.9 Å². The van der Waals surface area contributed by atoms with E-state index in [1.165, 1.54) is 25.3 Å². The molecule has 0 amide bonds. The van der Waals surface area contributed by atoms with Gasteiger partial charge in [0.15, 0.2) is 9.84 Å². The number of benzene rings is 1. The third kappa shape index (κ3) is 3.32. The van der Waals surface area contributed by atoms with E-state index in [9.17, 15) is 13.2 Å². The van der Waals surface area contributed by atoms with Gasteiger partial charge >= 0.3 is 5.97 Å². The molecule has 1 unspecified atom stereocenters. The monoisotopic (exact) mass is 309 g/mol. The van der Waals surface area contributed by atoms with Gasteiger partial charge in [-0.05, 0) is 29.8 Å².